The molecular weight excluding hydrogens is 607 g/mol. The van der Waals surface area contributed by atoms with E-state index >= 15 is 0 Å². The summed E-state index contributed by atoms with van der Waals surface area (Å²) < 4.78 is 0. The summed E-state index contributed by atoms with van der Waals surface area (Å²) in [7, 11) is 0. The molecule has 0 fully saturated rings. The smallest absolute Gasteiger partial charge is 0.187 e. The molecule has 0 amide bonds. The van der Waals surface area contributed by atoms with Crippen LogP contribution in [0.4, 0.5) is 31.5 Å². The first-order valence-corrected chi connectivity index (χ1v) is 19.3. The first kappa shape index (κ1) is 37.8. The number of anilines is 2. The molecule has 9 heteroatoms. The van der Waals surface area contributed by atoms with Gasteiger partial charge in [0.05, 0.1) is 17.1 Å². The minimum Gasteiger partial charge on any atom is -0.396 e. The standard InChI is InChI=1S/C37H59N7S2/c1-9-14-17-27(12-4)25-44(26-28(13-5)18-15-10-2)36-39-33(37(6,7)8)35(46-36)43-42-34-31(38)24-32(45-34)41-40-30-22-20-29(21-23-30)19-16-11-3/h20-24,27-28H,9-19,25-26,38H2,1-8H3. The van der Waals surface area contributed by atoms with E-state index in [0.717, 1.165) is 41.0 Å². The Labute approximate surface area is 287 Å². The van der Waals surface area contributed by atoms with Gasteiger partial charge in [0.2, 0.25) is 0 Å². The Morgan fingerprint density at radius 3 is 1.89 bits per heavy atom. The molecular formula is C37H59N7S2. The lowest BCUT2D eigenvalue weighted by Gasteiger charge is -2.30. The van der Waals surface area contributed by atoms with E-state index in [2.05, 4.69) is 87.8 Å². The number of azo groups is 2. The summed E-state index contributed by atoms with van der Waals surface area (Å²) in [4.78, 5) is 7.84. The van der Waals surface area contributed by atoms with Crippen LogP contribution in [0.25, 0.3) is 0 Å². The van der Waals surface area contributed by atoms with Crippen molar-refractivity contribution in [1.29, 1.82) is 0 Å². The quantitative estimate of drug-likeness (QED) is 0.122. The molecule has 2 N–H and O–H groups in total. The molecule has 3 rings (SSSR count). The van der Waals surface area contributed by atoms with E-state index in [0.29, 0.717) is 27.5 Å². The van der Waals surface area contributed by atoms with Crippen molar-refractivity contribution in [3.8, 4) is 0 Å². The van der Waals surface area contributed by atoms with E-state index in [1.54, 1.807) is 11.3 Å². The van der Waals surface area contributed by atoms with Gasteiger partial charge in [-0.1, -0.05) is 135 Å². The number of rotatable bonds is 20. The number of benzene rings is 1. The molecule has 0 bridgehead atoms. The van der Waals surface area contributed by atoms with Gasteiger partial charge in [-0.15, -0.1) is 20.5 Å². The number of thiophene rings is 1. The van der Waals surface area contributed by atoms with Gasteiger partial charge in [0.1, 0.15) is 5.00 Å². The Balaban J connectivity index is 1.87. The molecule has 0 saturated heterocycles. The lowest BCUT2D eigenvalue weighted by Crippen LogP contribution is -2.34. The van der Waals surface area contributed by atoms with Crippen LogP contribution >= 0.6 is 22.7 Å². The number of unbranched alkanes of at least 4 members (excludes halogenated alkanes) is 3. The number of aromatic nitrogens is 1. The van der Waals surface area contributed by atoms with Gasteiger partial charge in [-0.05, 0) is 55.2 Å². The second kappa shape index (κ2) is 19.2. The summed E-state index contributed by atoms with van der Waals surface area (Å²) in [6.07, 6.45) is 13.4. The average molecular weight is 666 g/mol. The van der Waals surface area contributed by atoms with Crippen LogP contribution in [0.5, 0.6) is 0 Å². The molecule has 2 heterocycles. The third-order valence-electron chi connectivity index (χ3n) is 8.60. The van der Waals surface area contributed by atoms with Crippen LogP contribution in [0.1, 0.15) is 131 Å². The van der Waals surface area contributed by atoms with Crippen LogP contribution < -0.4 is 10.6 Å². The molecule has 0 saturated carbocycles. The summed E-state index contributed by atoms with van der Waals surface area (Å²) in [5.74, 6) is 1.32. The fraction of sp³-hybridized carbons (Fsp3) is 0.649. The zero-order chi connectivity index (χ0) is 33.5. The van der Waals surface area contributed by atoms with Crippen molar-refractivity contribution >= 4 is 54.2 Å². The van der Waals surface area contributed by atoms with Gasteiger partial charge in [0.25, 0.3) is 0 Å². The van der Waals surface area contributed by atoms with E-state index in [9.17, 15) is 0 Å². The van der Waals surface area contributed by atoms with Crippen LogP contribution in [0.3, 0.4) is 0 Å². The van der Waals surface area contributed by atoms with Gasteiger partial charge >= 0.3 is 0 Å². The summed E-state index contributed by atoms with van der Waals surface area (Å²) >= 11 is 3.07. The highest BCUT2D eigenvalue weighted by Gasteiger charge is 2.27. The maximum atomic E-state index is 6.37. The summed E-state index contributed by atoms with van der Waals surface area (Å²) in [6.45, 7) is 20.1. The fourth-order valence-electron chi connectivity index (χ4n) is 5.50. The van der Waals surface area contributed by atoms with Gasteiger partial charge < -0.3 is 10.6 Å². The molecule has 1 aromatic carbocycles. The molecule has 2 aromatic heterocycles. The number of hydrogen-bond acceptors (Lipinski definition) is 9. The molecule has 3 aromatic rings. The van der Waals surface area contributed by atoms with E-state index in [4.69, 9.17) is 15.8 Å². The molecule has 2 unspecified atom stereocenters. The Bertz CT molecular complexity index is 1330. The molecule has 0 aliphatic rings. The van der Waals surface area contributed by atoms with Crippen molar-refractivity contribution in [3.63, 3.8) is 0 Å². The number of nitrogens with two attached hydrogens (primary N) is 1. The van der Waals surface area contributed by atoms with Crippen LogP contribution in [0, 0.1) is 11.8 Å². The Hall–Kier alpha value is -2.65. The predicted molar refractivity (Wildman–Crippen MR) is 202 cm³/mol. The highest BCUT2D eigenvalue weighted by Crippen LogP contribution is 2.44. The number of thiazole rings is 1. The monoisotopic (exact) mass is 665 g/mol. The van der Waals surface area contributed by atoms with Crippen molar-refractivity contribution in [2.24, 2.45) is 32.3 Å². The van der Waals surface area contributed by atoms with E-state index in [1.807, 2.05) is 18.2 Å². The zero-order valence-electron chi connectivity index (χ0n) is 29.8. The van der Waals surface area contributed by atoms with Crippen molar-refractivity contribution in [3.05, 3.63) is 41.6 Å². The summed E-state index contributed by atoms with van der Waals surface area (Å²) in [6, 6.07) is 10.1. The highest BCUT2D eigenvalue weighted by molar-refractivity contribution is 7.20. The first-order valence-electron chi connectivity index (χ1n) is 17.7. The largest absolute Gasteiger partial charge is 0.396 e. The first-order chi connectivity index (χ1) is 22.1. The number of aryl methyl sites for hydroxylation is 1. The maximum Gasteiger partial charge on any atom is 0.187 e. The fourth-order valence-corrected chi connectivity index (χ4v) is 7.34. The second-order valence-electron chi connectivity index (χ2n) is 13.7. The molecule has 7 nitrogen and oxygen atoms in total. The molecule has 2 atom stereocenters. The normalized spacial score (nSPS) is 13.7. The molecule has 46 heavy (non-hydrogen) atoms. The van der Waals surface area contributed by atoms with Crippen LogP contribution in [-0.2, 0) is 11.8 Å². The van der Waals surface area contributed by atoms with Gasteiger partial charge in [-0.2, -0.15) is 0 Å². The van der Waals surface area contributed by atoms with Crippen molar-refractivity contribution in [2.45, 2.75) is 131 Å². The van der Waals surface area contributed by atoms with Crippen LogP contribution in [0.2, 0.25) is 0 Å². The van der Waals surface area contributed by atoms with E-state index in [1.165, 1.54) is 81.1 Å². The summed E-state index contributed by atoms with van der Waals surface area (Å²) in [5, 5.41) is 21.6. The molecule has 254 valence electrons. The average Bonchev–Trinajstić information content (AvgIpc) is 3.64. The SMILES string of the molecule is CCCCc1ccc(N=Nc2cc(N)c(N=Nc3sc(N(CC(CC)CCCC)CC(CC)CCCC)nc3C(C)(C)C)s2)cc1. The van der Waals surface area contributed by atoms with Gasteiger partial charge in [0.15, 0.2) is 15.1 Å². The lowest BCUT2D eigenvalue weighted by atomic mass is 9.92. The summed E-state index contributed by atoms with van der Waals surface area (Å²) in [5.41, 5.74) is 9.91. The van der Waals surface area contributed by atoms with Gasteiger partial charge in [-0.3, -0.25) is 0 Å². The number of nitrogen functional groups attached to an aromatic ring is 1. The second-order valence-corrected chi connectivity index (χ2v) is 15.6. The molecule has 0 radical (unpaired) electrons. The Morgan fingerprint density at radius 2 is 1.35 bits per heavy atom. The minimum absolute atomic E-state index is 0.167. The van der Waals surface area contributed by atoms with Crippen LogP contribution in [0.15, 0.2) is 50.8 Å². The van der Waals surface area contributed by atoms with Crippen molar-refractivity contribution in [2.75, 3.05) is 23.7 Å². The highest BCUT2D eigenvalue weighted by atomic mass is 32.1. The molecule has 0 spiro atoms. The Morgan fingerprint density at radius 1 is 0.761 bits per heavy atom. The van der Waals surface area contributed by atoms with E-state index in [-0.39, 0.29) is 5.41 Å². The third kappa shape index (κ3) is 11.9. The predicted octanol–water partition coefficient (Wildman–Crippen LogP) is 13.5. The zero-order valence-corrected chi connectivity index (χ0v) is 31.4. The topological polar surface area (TPSA) is 91.6 Å². The molecule has 0 aliphatic heterocycles. The minimum atomic E-state index is -0.167. The molecule has 0 aliphatic carbocycles. The van der Waals surface area contributed by atoms with Gasteiger partial charge in [-0.25, -0.2) is 4.98 Å². The van der Waals surface area contributed by atoms with Crippen molar-refractivity contribution in [1.82, 2.24) is 4.98 Å². The van der Waals surface area contributed by atoms with Crippen LogP contribution in [-0.4, -0.2) is 18.1 Å². The third-order valence-corrected chi connectivity index (χ3v) is 10.5. The number of hydrogen-bond donors (Lipinski definition) is 1. The van der Waals surface area contributed by atoms with Crippen molar-refractivity contribution < 1.29 is 0 Å². The van der Waals surface area contributed by atoms with E-state index < -0.39 is 0 Å². The maximum absolute atomic E-state index is 6.37. The lowest BCUT2D eigenvalue weighted by molar-refractivity contribution is 0.403. The Kier molecular flexibility index (Phi) is 15.8. The van der Waals surface area contributed by atoms with Gasteiger partial charge in [0, 0.05) is 24.6 Å². The number of nitrogens with zero attached hydrogens (tertiary/aromatic N) is 6.